The van der Waals surface area contributed by atoms with Gasteiger partial charge in [-0.2, -0.15) is 10.4 Å². The molecule has 0 saturated heterocycles. The Morgan fingerprint density at radius 2 is 2.20 bits per heavy atom. The number of aromatic nitrogens is 4. The highest BCUT2D eigenvalue weighted by molar-refractivity contribution is 5.79. The number of phenols is 1. The summed E-state index contributed by atoms with van der Waals surface area (Å²) in [5, 5.41) is 26.0. The number of nitrogens with one attached hydrogen (secondary N) is 1. The number of aromatic hydroxyl groups is 1. The molecule has 1 aromatic carbocycles. The second-order valence-corrected chi connectivity index (χ2v) is 5.39. The molecule has 3 rings (SSSR count). The molecular formula is C17H15FN6O. The Morgan fingerprint density at radius 1 is 1.40 bits per heavy atom. The Hall–Kier alpha value is -3.47. The third-order valence-corrected chi connectivity index (χ3v) is 3.66. The molecule has 7 nitrogen and oxygen atoms in total. The van der Waals surface area contributed by atoms with E-state index in [1.807, 2.05) is 6.07 Å². The van der Waals surface area contributed by atoms with Crippen LogP contribution in [-0.2, 0) is 6.54 Å². The summed E-state index contributed by atoms with van der Waals surface area (Å²) in [4.78, 5) is 8.47. The van der Waals surface area contributed by atoms with Gasteiger partial charge in [-0.15, -0.1) is 0 Å². The lowest BCUT2D eigenvalue weighted by Gasteiger charge is -2.07. The Balaban J connectivity index is 2.20. The van der Waals surface area contributed by atoms with Crippen LogP contribution in [-0.4, -0.2) is 31.9 Å². The average Bonchev–Trinajstić information content (AvgIpc) is 3.03. The number of rotatable bonds is 4. The van der Waals surface area contributed by atoms with Gasteiger partial charge in [-0.25, -0.2) is 14.4 Å². The van der Waals surface area contributed by atoms with Crippen LogP contribution in [0.3, 0.4) is 0 Å². The fourth-order valence-electron chi connectivity index (χ4n) is 2.49. The van der Waals surface area contributed by atoms with Crippen LogP contribution in [0.5, 0.6) is 5.75 Å². The number of hydrogen-bond acceptors (Lipinski definition) is 6. The van der Waals surface area contributed by atoms with Gasteiger partial charge in [-0.05, 0) is 30.7 Å². The van der Waals surface area contributed by atoms with Gasteiger partial charge in [0, 0.05) is 30.6 Å². The molecule has 0 bridgehead atoms. The maximum absolute atomic E-state index is 13.7. The fourth-order valence-corrected chi connectivity index (χ4v) is 2.49. The van der Waals surface area contributed by atoms with Crippen molar-refractivity contribution in [2.24, 2.45) is 0 Å². The lowest BCUT2D eigenvalue weighted by molar-refractivity contribution is 0.430. The summed E-state index contributed by atoms with van der Waals surface area (Å²) in [5.74, 6) is -0.676. The third kappa shape index (κ3) is 3.12. The number of hydrogen-bond donors (Lipinski definition) is 2. The second kappa shape index (κ2) is 6.57. The van der Waals surface area contributed by atoms with Crippen molar-refractivity contribution in [2.75, 3.05) is 12.4 Å². The van der Waals surface area contributed by atoms with E-state index in [1.165, 1.54) is 10.7 Å². The van der Waals surface area contributed by atoms with Crippen LogP contribution in [0.4, 0.5) is 10.3 Å². The molecule has 2 aromatic heterocycles. The van der Waals surface area contributed by atoms with Gasteiger partial charge < -0.3 is 10.4 Å². The first kappa shape index (κ1) is 16.4. The molecule has 0 aliphatic carbocycles. The van der Waals surface area contributed by atoms with E-state index < -0.39 is 11.6 Å². The van der Waals surface area contributed by atoms with Crippen molar-refractivity contribution in [3.8, 4) is 34.3 Å². The van der Waals surface area contributed by atoms with Gasteiger partial charge in [0.2, 0.25) is 5.95 Å². The van der Waals surface area contributed by atoms with Crippen molar-refractivity contribution in [3.05, 3.63) is 42.0 Å². The molecule has 0 radical (unpaired) electrons. The molecule has 0 aliphatic heterocycles. The van der Waals surface area contributed by atoms with Crippen LogP contribution in [0, 0.1) is 24.1 Å². The molecule has 0 unspecified atom stereocenters. The molecule has 2 N–H and O–H groups in total. The molecule has 0 saturated carbocycles. The van der Waals surface area contributed by atoms with Crippen LogP contribution >= 0.6 is 0 Å². The molecule has 0 atom stereocenters. The molecule has 8 heteroatoms. The maximum Gasteiger partial charge on any atom is 0.222 e. The number of benzene rings is 1. The Labute approximate surface area is 143 Å². The lowest BCUT2D eigenvalue weighted by atomic mass is 10.0. The van der Waals surface area contributed by atoms with E-state index in [0.29, 0.717) is 34.0 Å². The van der Waals surface area contributed by atoms with Crippen molar-refractivity contribution < 1.29 is 9.50 Å². The van der Waals surface area contributed by atoms with Gasteiger partial charge in [-0.3, -0.25) is 4.68 Å². The molecular weight excluding hydrogens is 323 g/mol. The van der Waals surface area contributed by atoms with Gasteiger partial charge in [0.15, 0.2) is 11.6 Å². The fraction of sp³-hybridized carbons (Fsp3) is 0.176. The first-order chi connectivity index (χ1) is 12.0. The first-order valence-electron chi connectivity index (χ1n) is 7.48. The van der Waals surface area contributed by atoms with Gasteiger partial charge in [0.25, 0.3) is 0 Å². The largest absolute Gasteiger partial charge is 0.505 e. The zero-order chi connectivity index (χ0) is 18.0. The maximum atomic E-state index is 13.7. The van der Waals surface area contributed by atoms with E-state index >= 15 is 0 Å². The van der Waals surface area contributed by atoms with Crippen molar-refractivity contribution in [1.29, 1.82) is 5.26 Å². The SMILES string of the molecule is CNc1nccc(-c2cn(CC#N)nc2-c2cc(C)c(F)c(O)c2)n1. The Bertz CT molecular complexity index is 953. The van der Waals surface area contributed by atoms with Gasteiger partial charge in [0.1, 0.15) is 12.2 Å². The van der Waals surface area contributed by atoms with E-state index in [0.717, 1.165) is 0 Å². The second-order valence-electron chi connectivity index (χ2n) is 5.39. The molecule has 0 aliphatic rings. The lowest BCUT2D eigenvalue weighted by Crippen LogP contribution is -1.97. The minimum atomic E-state index is -0.665. The molecule has 2 heterocycles. The number of nitriles is 1. The monoisotopic (exact) mass is 338 g/mol. The first-order valence-corrected chi connectivity index (χ1v) is 7.48. The number of halogens is 1. The summed E-state index contributed by atoms with van der Waals surface area (Å²) < 4.78 is 15.2. The third-order valence-electron chi connectivity index (χ3n) is 3.66. The van der Waals surface area contributed by atoms with Gasteiger partial charge in [-0.1, -0.05) is 0 Å². The van der Waals surface area contributed by atoms with Crippen molar-refractivity contribution in [1.82, 2.24) is 19.7 Å². The normalized spacial score (nSPS) is 10.5. The van der Waals surface area contributed by atoms with Crippen LogP contribution in [0.15, 0.2) is 30.6 Å². The van der Waals surface area contributed by atoms with E-state index in [1.54, 1.807) is 38.5 Å². The molecule has 0 amide bonds. The van der Waals surface area contributed by atoms with Crippen molar-refractivity contribution >= 4 is 5.95 Å². The van der Waals surface area contributed by atoms with E-state index in [2.05, 4.69) is 20.4 Å². The molecule has 0 spiro atoms. The Kier molecular flexibility index (Phi) is 4.31. The van der Waals surface area contributed by atoms with Crippen LogP contribution < -0.4 is 5.32 Å². The predicted octanol–water partition coefficient (Wildman–Crippen LogP) is 2.73. The predicted molar refractivity (Wildman–Crippen MR) is 90.2 cm³/mol. The summed E-state index contributed by atoms with van der Waals surface area (Å²) in [6, 6.07) is 6.65. The van der Waals surface area contributed by atoms with Crippen molar-refractivity contribution in [2.45, 2.75) is 13.5 Å². The number of anilines is 1. The number of nitrogens with zero attached hydrogens (tertiary/aromatic N) is 5. The summed E-state index contributed by atoms with van der Waals surface area (Å²) in [7, 11) is 1.71. The topological polar surface area (TPSA) is 99.7 Å². The minimum Gasteiger partial charge on any atom is -0.505 e. The molecule has 0 fully saturated rings. The summed E-state index contributed by atoms with van der Waals surface area (Å²) in [6.45, 7) is 1.62. The highest BCUT2D eigenvalue weighted by Crippen LogP contribution is 2.34. The standard InChI is InChI=1S/C17H15FN6O/c1-10-7-11(8-14(25)15(10)18)16-12(9-24(23-16)6-4-19)13-3-5-21-17(20-2)22-13/h3,5,7-9,25H,6H2,1-2H3,(H,20,21,22). The Morgan fingerprint density at radius 3 is 2.88 bits per heavy atom. The van der Waals surface area contributed by atoms with Gasteiger partial charge in [0.05, 0.1) is 11.8 Å². The van der Waals surface area contributed by atoms with E-state index in [4.69, 9.17) is 5.26 Å². The van der Waals surface area contributed by atoms with Crippen LogP contribution in [0.2, 0.25) is 0 Å². The van der Waals surface area contributed by atoms with Crippen LogP contribution in [0.25, 0.3) is 22.5 Å². The van der Waals surface area contributed by atoms with E-state index in [-0.39, 0.29) is 6.54 Å². The highest BCUT2D eigenvalue weighted by atomic mass is 19.1. The smallest absolute Gasteiger partial charge is 0.222 e. The summed E-state index contributed by atoms with van der Waals surface area (Å²) in [5.41, 5.74) is 2.58. The van der Waals surface area contributed by atoms with E-state index in [9.17, 15) is 9.50 Å². The zero-order valence-electron chi connectivity index (χ0n) is 13.7. The van der Waals surface area contributed by atoms with Gasteiger partial charge >= 0.3 is 0 Å². The van der Waals surface area contributed by atoms with Crippen LogP contribution in [0.1, 0.15) is 5.56 Å². The number of aryl methyl sites for hydroxylation is 1. The molecule has 126 valence electrons. The summed E-state index contributed by atoms with van der Waals surface area (Å²) in [6.07, 6.45) is 3.29. The minimum absolute atomic E-state index is 0.0587. The zero-order valence-corrected chi connectivity index (χ0v) is 13.7. The quantitative estimate of drug-likeness (QED) is 0.759. The molecule has 3 aromatic rings. The number of phenolic OH excluding ortho intramolecular Hbond substituents is 1. The highest BCUT2D eigenvalue weighted by Gasteiger charge is 2.17. The summed E-state index contributed by atoms with van der Waals surface area (Å²) >= 11 is 0. The average molecular weight is 338 g/mol. The molecule has 25 heavy (non-hydrogen) atoms. The van der Waals surface area contributed by atoms with Crippen molar-refractivity contribution in [3.63, 3.8) is 0 Å².